The van der Waals surface area contributed by atoms with E-state index in [9.17, 15) is 4.79 Å². The van der Waals surface area contributed by atoms with Crippen LogP contribution >= 0.6 is 12.2 Å². The molecule has 4 heteroatoms. The third kappa shape index (κ3) is 4.75. The normalized spacial score (nSPS) is 14.8. The summed E-state index contributed by atoms with van der Waals surface area (Å²) in [4.78, 5) is 13.0. The first-order chi connectivity index (χ1) is 8.85. The van der Waals surface area contributed by atoms with Crippen molar-refractivity contribution < 1.29 is 4.79 Å². The van der Waals surface area contributed by atoms with E-state index in [1.54, 1.807) is 0 Å². The van der Waals surface area contributed by atoms with Gasteiger partial charge in [0.1, 0.15) is 0 Å². The van der Waals surface area contributed by atoms with Gasteiger partial charge in [-0.05, 0) is 25.7 Å². The van der Waals surface area contributed by atoms with Crippen LogP contribution in [0.2, 0.25) is 0 Å². The molecule has 0 saturated heterocycles. The molecular formula is C15H30N2OS. The van der Waals surface area contributed by atoms with Gasteiger partial charge in [0, 0.05) is 6.04 Å². The Morgan fingerprint density at radius 1 is 1.21 bits per heavy atom. The first-order valence-electron chi connectivity index (χ1n) is 7.46. The number of hydrogen-bond donors (Lipinski definition) is 2. The van der Waals surface area contributed by atoms with Gasteiger partial charge in [0.15, 0.2) is 0 Å². The number of nitrogens with one attached hydrogen (secondary N) is 1. The Bertz CT molecular complexity index is 299. The Morgan fingerprint density at radius 3 is 2.00 bits per heavy atom. The van der Waals surface area contributed by atoms with E-state index >= 15 is 0 Å². The van der Waals surface area contributed by atoms with Gasteiger partial charge in [-0.2, -0.15) is 0 Å². The molecule has 0 aromatic rings. The van der Waals surface area contributed by atoms with Gasteiger partial charge in [0.05, 0.1) is 10.4 Å². The van der Waals surface area contributed by atoms with Gasteiger partial charge in [-0.25, -0.2) is 0 Å². The van der Waals surface area contributed by atoms with E-state index < -0.39 is 5.41 Å². The molecule has 2 unspecified atom stereocenters. The topological polar surface area (TPSA) is 55.1 Å². The molecule has 0 fully saturated rings. The second-order valence-corrected chi connectivity index (χ2v) is 6.03. The summed E-state index contributed by atoms with van der Waals surface area (Å²) in [5, 5.41) is 3.12. The van der Waals surface area contributed by atoms with E-state index in [4.69, 9.17) is 18.0 Å². The van der Waals surface area contributed by atoms with Crippen molar-refractivity contribution in [3.63, 3.8) is 0 Å². The minimum atomic E-state index is -0.666. The molecule has 0 spiro atoms. The second-order valence-electron chi connectivity index (χ2n) is 5.59. The third-order valence-electron chi connectivity index (χ3n) is 4.12. The van der Waals surface area contributed by atoms with Crippen molar-refractivity contribution in [2.24, 2.45) is 17.1 Å². The van der Waals surface area contributed by atoms with Gasteiger partial charge in [0.25, 0.3) is 0 Å². The molecule has 0 bridgehead atoms. The fraction of sp³-hybridized carbons (Fsp3) is 0.867. The standard InChI is InChI=1S/C15H30N2OS/c1-6-9-15(10-7-2,13(16)19)14(18)17-12(5)11(4)8-3/h11-12H,6-10H2,1-5H3,(H2,16,19)(H,17,18). The highest BCUT2D eigenvalue weighted by molar-refractivity contribution is 7.80. The van der Waals surface area contributed by atoms with Crippen LogP contribution in [0.1, 0.15) is 66.7 Å². The Balaban J connectivity index is 5.04. The van der Waals surface area contributed by atoms with Crippen LogP contribution in [0.4, 0.5) is 0 Å². The average Bonchev–Trinajstić information content (AvgIpc) is 2.36. The lowest BCUT2D eigenvalue weighted by atomic mass is 9.77. The van der Waals surface area contributed by atoms with Gasteiger partial charge < -0.3 is 11.1 Å². The molecule has 1 amide bonds. The second kappa shape index (κ2) is 8.51. The molecule has 0 radical (unpaired) electrons. The number of hydrogen-bond acceptors (Lipinski definition) is 2. The maximum absolute atomic E-state index is 12.6. The smallest absolute Gasteiger partial charge is 0.233 e. The van der Waals surface area contributed by atoms with Crippen LogP contribution in [0, 0.1) is 11.3 Å². The summed E-state index contributed by atoms with van der Waals surface area (Å²) in [6, 6.07) is 0.153. The number of rotatable bonds is 9. The molecule has 0 rings (SSSR count). The van der Waals surface area contributed by atoms with Crippen LogP contribution in [0.15, 0.2) is 0 Å². The van der Waals surface area contributed by atoms with Gasteiger partial charge in [-0.1, -0.05) is 59.2 Å². The highest BCUT2D eigenvalue weighted by Crippen LogP contribution is 2.31. The summed E-state index contributed by atoms with van der Waals surface area (Å²) in [5.41, 5.74) is 5.23. The maximum atomic E-state index is 12.6. The summed E-state index contributed by atoms with van der Waals surface area (Å²) in [5.74, 6) is 0.466. The van der Waals surface area contributed by atoms with E-state index in [1.807, 2.05) is 6.92 Å². The van der Waals surface area contributed by atoms with E-state index in [1.165, 1.54) is 0 Å². The first-order valence-corrected chi connectivity index (χ1v) is 7.87. The Kier molecular flexibility index (Phi) is 8.23. The Morgan fingerprint density at radius 2 is 1.68 bits per heavy atom. The molecule has 0 aliphatic carbocycles. The quantitative estimate of drug-likeness (QED) is 0.639. The van der Waals surface area contributed by atoms with Crippen LogP contribution in [0.25, 0.3) is 0 Å². The zero-order valence-electron chi connectivity index (χ0n) is 13.1. The monoisotopic (exact) mass is 286 g/mol. The molecule has 19 heavy (non-hydrogen) atoms. The van der Waals surface area contributed by atoms with E-state index in [2.05, 4.69) is 33.0 Å². The van der Waals surface area contributed by atoms with Crippen LogP contribution < -0.4 is 11.1 Å². The summed E-state index contributed by atoms with van der Waals surface area (Å²) < 4.78 is 0. The van der Waals surface area contributed by atoms with E-state index in [-0.39, 0.29) is 11.9 Å². The van der Waals surface area contributed by atoms with E-state index in [0.29, 0.717) is 10.9 Å². The zero-order valence-corrected chi connectivity index (χ0v) is 13.9. The molecule has 0 heterocycles. The predicted molar refractivity (Wildman–Crippen MR) is 86.1 cm³/mol. The Labute approximate surface area is 123 Å². The molecule has 0 aliphatic heterocycles. The number of thiocarbonyl (C=S) groups is 1. The van der Waals surface area contributed by atoms with Gasteiger partial charge >= 0.3 is 0 Å². The van der Waals surface area contributed by atoms with Crippen molar-refractivity contribution in [2.45, 2.75) is 72.8 Å². The summed E-state index contributed by atoms with van der Waals surface area (Å²) in [6.07, 6.45) is 4.32. The van der Waals surface area contributed by atoms with Gasteiger partial charge in [-0.15, -0.1) is 0 Å². The number of carbonyl (C=O) groups is 1. The van der Waals surface area contributed by atoms with Crippen molar-refractivity contribution >= 4 is 23.1 Å². The summed E-state index contributed by atoms with van der Waals surface area (Å²) in [6.45, 7) is 10.5. The van der Waals surface area contributed by atoms with Crippen molar-refractivity contribution in [1.82, 2.24) is 5.32 Å². The van der Waals surface area contributed by atoms with Crippen LogP contribution in [0.5, 0.6) is 0 Å². The average molecular weight is 286 g/mol. The molecule has 0 aromatic carbocycles. The highest BCUT2D eigenvalue weighted by atomic mass is 32.1. The molecule has 0 aromatic heterocycles. The molecule has 112 valence electrons. The number of nitrogens with two attached hydrogens (primary N) is 1. The predicted octanol–water partition coefficient (Wildman–Crippen LogP) is 3.41. The van der Waals surface area contributed by atoms with Gasteiger partial charge in [0.2, 0.25) is 5.91 Å². The highest BCUT2D eigenvalue weighted by Gasteiger charge is 2.40. The lowest BCUT2D eigenvalue weighted by Gasteiger charge is -2.33. The van der Waals surface area contributed by atoms with E-state index in [0.717, 1.165) is 32.1 Å². The van der Waals surface area contributed by atoms with Crippen molar-refractivity contribution in [3.8, 4) is 0 Å². The molecule has 3 N–H and O–H groups in total. The molecule has 2 atom stereocenters. The first kappa shape index (κ1) is 18.4. The maximum Gasteiger partial charge on any atom is 0.233 e. The van der Waals surface area contributed by atoms with Crippen LogP contribution in [0.3, 0.4) is 0 Å². The fourth-order valence-electron chi connectivity index (χ4n) is 2.40. The van der Waals surface area contributed by atoms with Crippen LogP contribution in [-0.2, 0) is 4.79 Å². The fourth-order valence-corrected chi connectivity index (χ4v) is 2.70. The summed E-state index contributed by atoms with van der Waals surface area (Å²) >= 11 is 5.20. The largest absolute Gasteiger partial charge is 0.392 e. The third-order valence-corrected chi connectivity index (χ3v) is 4.51. The molecular weight excluding hydrogens is 256 g/mol. The minimum absolute atomic E-state index is 0.0106. The van der Waals surface area contributed by atoms with Crippen molar-refractivity contribution in [2.75, 3.05) is 0 Å². The lowest BCUT2D eigenvalue weighted by molar-refractivity contribution is -0.129. The lowest BCUT2D eigenvalue weighted by Crippen LogP contribution is -2.52. The molecule has 3 nitrogen and oxygen atoms in total. The van der Waals surface area contributed by atoms with Crippen molar-refractivity contribution in [3.05, 3.63) is 0 Å². The number of amides is 1. The van der Waals surface area contributed by atoms with Gasteiger partial charge in [-0.3, -0.25) is 4.79 Å². The number of carbonyl (C=O) groups excluding carboxylic acids is 1. The van der Waals surface area contributed by atoms with Crippen molar-refractivity contribution in [1.29, 1.82) is 0 Å². The zero-order chi connectivity index (χ0) is 15.1. The molecule has 0 aliphatic rings. The van der Waals surface area contributed by atoms with Crippen LogP contribution in [-0.4, -0.2) is 16.9 Å². The SMILES string of the molecule is CCCC(CCC)(C(=O)NC(C)C(C)CC)C(N)=S. The molecule has 0 saturated carbocycles. The minimum Gasteiger partial charge on any atom is -0.392 e. The Hall–Kier alpha value is -0.640. The summed E-state index contributed by atoms with van der Waals surface area (Å²) in [7, 11) is 0.